The Bertz CT molecular complexity index is 808. The van der Waals surface area contributed by atoms with Gasteiger partial charge in [0.2, 0.25) is 5.91 Å². The van der Waals surface area contributed by atoms with Crippen LogP contribution in [0.15, 0.2) is 49.1 Å². The Hall–Kier alpha value is -2.76. The van der Waals surface area contributed by atoms with Crippen LogP contribution in [0.4, 0.5) is 0 Å². The van der Waals surface area contributed by atoms with E-state index in [4.69, 9.17) is 0 Å². The van der Waals surface area contributed by atoms with Gasteiger partial charge in [-0.05, 0) is 49.4 Å². The maximum absolute atomic E-state index is 13.2. The molecule has 4 rings (SSSR count). The highest BCUT2D eigenvalue weighted by molar-refractivity contribution is 5.94. The number of rotatable bonds is 5. The van der Waals surface area contributed by atoms with Gasteiger partial charge in [-0.25, -0.2) is 0 Å². The summed E-state index contributed by atoms with van der Waals surface area (Å²) < 4.78 is 0. The Balaban J connectivity index is 1.51. The number of hydrogen-bond donors (Lipinski definition) is 0. The van der Waals surface area contributed by atoms with E-state index in [9.17, 15) is 9.59 Å². The lowest BCUT2D eigenvalue weighted by Gasteiger charge is -2.42. The van der Waals surface area contributed by atoms with E-state index in [1.54, 1.807) is 30.7 Å². The molecule has 28 heavy (non-hydrogen) atoms. The Morgan fingerprint density at radius 1 is 1.04 bits per heavy atom. The van der Waals surface area contributed by atoms with Gasteiger partial charge in [-0.15, -0.1) is 0 Å². The first-order valence-electron chi connectivity index (χ1n) is 10.1. The molecular formula is C22H26N4O2. The number of hydrogen-bond acceptors (Lipinski definition) is 4. The van der Waals surface area contributed by atoms with E-state index in [1.165, 1.54) is 0 Å². The molecule has 2 aromatic heterocycles. The Morgan fingerprint density at radius 2 is 1.86 bits per heavy atom. The van der Waals surface area contributed by atoms with E-state index in [2.05, 4.69) is 9.97 Å². The fourth-order valence-corrected chi connectivity index (χ4v) is 4.04. The first-order valence-corrected chi connectivity index (χ1v) is 10.1. The predicted molar refractivity (Wildman–Crippen MR) is 105 cm³/mol. The molecule has 1 unspecified atom stereocenters. The summed E-state index contributed by atoms with van der Waals surface area (Å²) in [7, 11) is 0. The minimum atomic E-state index is 0.0181. The van der Waals surface area contributed by atoms with Gasteiger partial charge in [-0.2, -0.15) is 0 Å². The number of nitrogens with zero attached hydrogens (tertiary/aromatic N) is 4. The summed E-state index contributed by atoms with van der Waals surface area (Å²) in [6, 6.07) is 7.46. The maximum Gasteiger partial charge on any atom is 0.254 e. The van der Waals surface area contributed by atoms with Crippen molar-refractivity contribution < 1.29 is 9.59 Å². The van der Waals surface area contributed by atoms with Crippen molar-refractivity contribution >= 4 is 11.8 Å². The molecule has 0 bridgehead atoms. The lowest BCUT2D eigenvalue weighted by molar-refractivity contribution is -0.142. The van der Waals surface area contributed by atoms with E-state index < -0.39 is 0 Å². The van der Waals surface area contributed by atoms with Crippen molar-refractivity contribution in [2.75, 3.05) is 13.1 Å². The van der Waals surface area contributed by atoms with Crippen molar-refractivity contribution in [1.29, 1.82) is 0 Å². The summed E-state index contributed by atoms with van der Waals surface area (Å²) in [5.41, 5.74) is 1.69. The van der Waals surface area contributed by atoms with Gasteiger partial charge in [-0.3, -0.25) is 19.6 Å². The average Bonchev–Trinajstić information content (AvgIpc) is 2.71. The van der Waals surface area contributed by atoms with E-state index in [-0.39, 0.29) is 23.8 Å². The molecule has 2 aromatic rings. The fourth-order valence-electron chi connectivity index (χ4n) is 4.04. The molecular weight excluding hydrogens is 352 g/mol. The molecule has 0 N–H and O–H groups in total. The Morgan fingerprint density at radius 3 is 2.54 bits per heavy atom. The molecule has 0 radical (unpaired) electrons. The summed E-state index contributed by atoms with van der Waals surface area (Å²) in [4.78, 5) is 38.1. The summed E-state index contributed by atoms with van der Waals surface area (Å²) in [5, 5.41) is 0. The standard InChI is InChI=1S/C22H26N4O2/c27-21(19-8-11-23-12-9-19)25-13-3-7-20(16-25)26(22(28)18-5-1-6-18)15-17-4-2-10-24-14-17/h2,4,8-12,14,18,20H,1,3,5-7,13,15-16H2. The highest BCUT2D eigenvalue weighted by atomic mass is 16.2. The molecule has 2 aliphatic rings. The van der Waals surface area contributed by atoms with Gasteiger partial charge in [0, 0.05) is 61.9 Å². The average molecular weight is 378 g/mol. The number of amides is 2. The van der Waals surface area contributed by atoms with Crippen LogP contribution in [-0.2, 0) is 11.3 Å². The normalized spacial score (nSPS) is 19.7. The van der Waals surface area contributed by atoms with Crippen LogP contribution in [0.1, 0.15) is 48.0 Å². The number of piperidine rings is 1. The third-order valence-corrected chi connectivity index (χ3v) is 5.86. The van der Waals surface area contributed by atoms with Crippen molar-refractivity contribution in [3.63, 3.8) is 0 Å². The van der Waals surface area contributed by atoms with Gasteiger partial charge in [0.25, 0.3) is 5.91 Å². The first-order chi connectivity index (χ1) is 13.7. The predicted octanol–water partition coefficient (Wildman–Crippen LogP) is 2.91. The van der Waals surface area contributed by atoms with Crippen molar-refractivity contribution in [3.05, 3.63) is 60.2 Å². The molecule has 0 aromatic carbocycles. The van der Waals surface area contributed by atoms with Gasteiger partial charge >= 0.3 is 0 Å². The molecule has 146 valence electrons. The van der Waals surface area contributed by atoms with Crippen LogP contribution in [0, 0.1) is 5.92 Å². The maximum atomic E-state index is 13.2. The Kier molecular flexibility index (Phi) is 5.65. The van der Waals surface area contributed by atoms with Crippen LogP contribution < -0.4 is 0 Å². The number of aromatic nitrogens is 2. The van der Waals surface area contributed by atoms with Gasteiger partial charge in [-0.1, -0.05) is 12.5 Å². The molecule has 6 nitrogen and oxygen atoms in total. The summed E-state index contributed by atoms with van der Waals surface area (Å²) >= 11 is 0. The molecule has 1 saturated heterocycles. The SMILES string of the molecule is O=C(c1ccncc1)N1CCCC(N(Cc2cccnc2)C(=O)C2CCC2)C1. The third kappa shape index (κ3) is 4.06. The molecule has 1 aliphatic carbocycles. The van der Waals surface area contributed by atoms with Gasteiger partial charge in [0.15, 0.2) is 0 Å². The van der Waals surface area contributed by atoms with E-state index in [0.29, 0.717) is 18.7 Å². The summed E-state index contributed by atoms with van der Waals surface area (Å²) in [6.07, 6.45) is 11.8. The molecule has 6 heteroatoms. The van der Waals surface area contributed by atoms with Crippen LogP contribution in [0.3, 0.4) is 0 Å². The zero-order chi connectivity index (χ0) is 19.3. The second-order valence-corrected chi connectivity index (χ2v) is 7.74. The quantitative estimate of drug-likeness (QED) is 0.802. The molecule has 3 heterocycles. The smallest absolute Gasteiger partial charge is 0.254 e. The van der Waals surface area contributed by atoms with Crippen LogP contribution in [0.5, 0.6) is 0 Å². The van der Waals surface area contributed by atoms with Crippen LogP contribution >= 0.6 is 0 Å². The minimum Gasteiger partial charge on any atom is -0.337 e. The van der Waals surface area contributed by atoms with Crippen molar-refractivity contribution in [2.24, 2.45) is 5.92 Å². The molecule has 2 fully saturated rings. The molecule has 1 atom stereocenters. The van der Waals surface area contributed by atoms with Crippen molar-refractivity contribution in [1.82, 2.24) is 19.8 Å². The molecule has 1 aliphatic heterocycles. The number of pyridine rings is 2. The highest BCUT2D eigenvalue weighted by Gasteiger charge is 2.36. The third-order valence-electron chi connectivity index (χ3n) is 5.86. The number of carbonyl (C=O) groups is 2. The monoisotopic (exact) mass is 378 g/mol. The largest absolute Gasteiger partial charge is 0.337 e. The van der Waals surface area contributed by atoms with E-state index in [1.807, 2.05) is 28.1 Å². The van der Waals surface area contributed by atoms with Crippen LogP contribution in [0.2, 0.25) is 0 Å². The van der Waals surface area contributed by atoms with Crippen molar-refractivity contribution in [2.45, 2.75) is 44.7 Å². The van der Waals surface area contributed by atoms with Crippen molar-refractivity contribution in [3.8, 4) is 0 Å². The van der Waals surface area contributed by atoms with Gasteiger partial charge < -0.3 is 9.80 Å². The van der Waals surface area contributed by atoms with E-state index in [0.717, 1.165) is 44.2 Å². The van der Waals surface area contributed by atoms with Gasteiger partial charge in [0.05, 0.1) is 0 Å². The Labute approximate surface area is 165 Å². The number of likely N-dealkylation sites (tertiary alicyclic amines) is 1. The topological polar surface area (TPSA) is 66.4 Å². The van der Waals surface area contributed by atoms with E-state index >= 15 is 0 Å². The first kappa shape index (κ1) is 18.6. The fraction of sp³-hybridized carbons (Fsp3) is 0.455. The lowest BCUT2D eigenvalue weighted by atomic mass is 9.83. The molecule has 0 spiro atoms. The minimum absolute atomic E-state index is 0.0181. The van der Waals surface area contributed by atoms with Crippen LogP contribution in [0.25, 0.3) is 0 Å². The number of carbonyl (C=O) groups excluding carboxylic acids is 2. The zero-order valence-electron chi connectivity index (χ0n) is 16.0. The highest BCUT2D eigenvalue weighted by Crippen LogP contribution is 2.31. The molecule has 2 amide bonds. The zero-order valence-corrected chi connectivity index (χ0v) is 16.0. The molecule has 1 saturated carbocycles. The second kappa shape index (κ2) is 8.50. The summed E-state index contributed by atoms with van der Waals surface area (Å²) in [5.74, 6) is 0.394. The second-order valence-electron chi connectivity index (χ2n) is 7.74. The lowest BCUT2D eigenvalue weighted by Crippen LogP contribution is -2.53. The summed E-state index contributed by atoms with van der Waals surface area (Å²) in [6.45, 7) is 1.88. The van der Waals surface area contributed by atoms with Crippen LogP contribution in [-0.4, -0.2) is 50.7 Å². The van der Waals surface area contributed by atoms with Gasteiger partial charge in [0.1, 0.15) is 0 Å².